The lowest BCUT2D eigenvalue weighted by molar-refractivity contribution is -0.244. The van der Waals surface area contributed by atoms with E-state index < -0.39 is 11.2 Å². The molecule has 0 aromatic rings. The van der Waals surface area contributed by atoms with E-state index in [1.807, 2.05) is 20.8 Å². The number of hydrogen-bond donors (Lipinski definition) is 0. The Kier molecular flexibility index (Phi) is 6.91. The standard InChI is InChI=1S/C19H36O3/c1-14(2)13-19(7,15(3)4)17(20)22-18(5,6)21-16-11-9-8-10-12-16/h14-16H,8-13H2,1-7H3. The van der Waals surface area contributed by atoms with Gasteiger partial charge in [0.05, 0.1) is 11.5 Å². The summed E-state index contributed by atoms with van der Waals surface area (Å²) in [7, 11) is 0. The van der Waals surface area contributed by atoms with E-state index >= 15 is 0 Å². The highest BCUT2D eigenvalue weighted by Crippen LogP contribution is 2.37. The normalized spacial score (nSPS) is 20.2. The van der Waals surface area contributed by atoms with Gasteiger partial charge in [0, 0.05) is 13.8 Å². The molecule has 130 valence electrons. The minimum atomic E-state index is -0.841. The Morgan fingerprint density at radius 2 is 1.59 bits per heavy atom. The first kappa shape index (κ1) is 19.5. The lowest BCUT2D eigenvalue weighted by atomic mass is 9.73. The van der Waals surface area contributed by atoms with E-state index in [9.17, 15) is 4.79 Å². The Labute approximate surface area is 137 Å². The van der Waals surface area contributed by atoms with Crippen molar-refractivity contribution in [2.75, 3.05) is 0 Å². The number of carbonyl (C=O) groups is 1. The molecule has 3 heteroatoms. The summed E-state index contributed by atoms with van der Waals surface area (Å²) in [5.41, 5.74) is -0.457. The van der Waals surface area contributed by atoms with Crippen molar-refractivity contribution in [3.63, 3.8) is 0 Å². The number of rotatable bonds is 7. The van der Waals surface area contributed by atoms with Gasteiger partial charge in [-0.15, -0.1) is 0 Å². The fourth-order valence-corrected chi connectivity index (χ4v) is 3.35. The zero-order valence-corrected chi connectivity index (χ0v) is 15.7. The first-order valence-electron chi connectivity index (χ1n) is 8.98. The fourth-order valence-electron chi connectivity index (χ4n) is 3.35. The van der Waals surface area contributed by atoms with Gasteiger partial charge >= 0.3 is 5.97 Å². The van der Waals surface area contributed by atoms with Gasteiger partial charge in [-0.1, -0.05) is 47.0 Å². The smallest absolute Gasteiger partial charge is 0.314 e. The van der Waals surface area contributed by atoms with Gasteiger partial charge in [-0.25, -0.2) is 0 Å². The van der Waals surface area contributed by atoms with Crippen molar-refractivity contribution >= 4 is 5.97 Å². The molecule has 0 spiro atoms. The molecule has 1 fully saturated rings. The summed E-state index contributed by atoms with van der Waals surface area (Å²) in [6, 6.07) is 0. The molecule has 0 amide bonds. The summed E-state index contributed by atoms with van der Waals surface area (Å²) in [6.07, 6.45) is 6.94. The first-order chi connectivity index (χ1) is 10.1. The predicted octanol–water partition coefficient (Wildman–Crippen LogP) is 5.32. The molecule has 3 nitrogen and oxygen atoms in total. The lowest BCUT2D eigenvalue weighted by Crippen LogP contribution is -2.43. The van der Waals surface area contributed by atoms with Crippen LogP contribution in [0.2, 0.25) is 0 Å². The van der Waals surface area contributed by atoms with E-state index in [1.165, 1.54) is 19.3 Å². The molecule has 0 aromatic heterocycles. The van der Waals surface area contributed by atoms with E-state index in [2.05, 4.69) is 27.7 Å². The molecule has 0 aromatic carbocycles. The second kappa shape index (κ2) is 7.81. The number of carbonyl (C=O) groups excluding carboxylic acids is 1. The molecule has 1 saturated carbocycles. The minimum Gasteiger partial charge on any atom is -0.433 e. The number of hydrogen-bond acceptors (Lipinski definition) is 3. The lowest BCUT2D eigenvalue weighted by Gasteiger charge is -2.38. The van der Waals surface area contributed by atoms with Gasteiger partial charge < -0.3 is 9.47 Å². The van der Waals surface area contributed by atoms with Crippen LogP contribution in [-0.2, 0) is 14.3 Å². The second-order valence-corrected chi connectivity index (χ2v) is 8.34. The molecule has 0 aliphatic heterocycles. The van der Waals surface area contributed by atoms with E-state index in [-0.39, 0.29) is 18.0 Å². The maximum atomic E-state index is 12.8. The summed E-state index contributed by atoms with van der Waals surface area (Å²) >= 11 is 0. The van der Waals surface area contributed by atoms with Crippen LogP contribution in [-0.4, -0.2) is 17.9 Å². The summed E-state index contributed by atoms with van der Waals surface area (Å²) in [4.78, 5) is 12.8. The van der Waals surface area contributed by atoms with Crippen LogP contribution in [0.5, 0.6) is 0 Å². The van der Waals surface area contributed by atoms with Crippen LogP contribution in [0, 0.1) is 17.3 Å². The Morgan fingerprint density at radius 3 is 2.05 bits per heavy atom. The van der Waals surface area contributed by atoms with Gasteiger partial charge in [0.1, 0.15) is 0 Å². The van der Waals surface area contributed by atoms with Crippen molar-refractivity contribution in [2.24, 2.45) is 17.3 Å². The molecule has 1 aliphatic carbocycles. The highest BCUT2D eigenvalue weighted by Gasteiger charge is 2.42. The average Bonchev–Trinajstić information content (AvgIpc) is 2.37. The predicted molar refractivity (Wildman–Crippen MR) is 90.5 cm³/mol. The van der Waals surface area contributed by atoms with Crippen LogP contribution in [0.15, 0.2) is 0 Å². The molecule has 0 N–H and O–H groups in total. The van der Waals surface area contributed by atoms with Gasteiger partial charge in [-0.2, -0.15) is 0 Å². The molecule has 1 aliphatic rings. The molecular weight excluding hydrogens is 276 g/mol. The molecule has 1 atom stereocenters. The van der Waals surface area contributed by atoms with Crippen LogP contribution < -0.4 is 0 Å². The Hall–Kier alpha value is -0.570. The molecule has 1 unspecified atom stereocenters. The molecule has 0 bridgehead atoms. The van der Waals surface area contributed by atoms with Crippen molar-refractivity contribution in [1.29, 1.82) is 0 Å². The van der Waals surface area contributed by atoms with E-state index in [4.69, 9.17) is 9.47 Å². The topological polar surface area (TPSA) is 35.5 Å². The third-order valence-electron chi connectivity index (χ3n) is 4.91. The van der Waals surface area contributed by atoms with Crippen LogP contribution in [0.25, 0.3) is 0 Å². The molecule has 1 rings (SSSR count). The van der Waals surface area contributed by atoms with E-state index in [1.54, 1.807) is 0 Å². The van der Waals surface area contributed by atoms with Gasteiger partial charge in [0.15, 0.2) is 0 Å². The molecule has 0 heterocycles. The summed E-state index contributed by atoms with van der Waals surface area (Å²) < 4.78 is 11.9. The van der Waals surface area contributed by atoms with Crippen LogP contribution in [0.4, 0.5) is 0 Å². The van der Waals surface area contributed by atoms with E-state index in [0.717, 1.165) is 19.3 Å². The third kappa shape index (κ3) is 5.57. The van der Waals surface area contributed by atoms with Gasteiger partial charge in [-0.05, 0) is 38.0 Å². The van der Waals surface area contributed by atoms with Gasteiger partial charge in [-0.3, -0.25) is 4.79 Å². The van der Waals surface area contributed by atoms with Crippen molar-refractivity contribution in [1.82, 2.24) is 0 Å². The van der Waals surface area contributed by atoms with Crippen molar-refractivity contribution in [3.05, 3.63) is 0 Å². The fraction of sp³-hybridized carbons (Fsp3) is 0.947. The first-order valence-corrected chi connectivity index (χ1v) is 8.98. The maximum Gasteiger partial charge on any atom is 0.314 e. The zero-order valence-electron chi connectivity index (χ0n) is 15.7. The van der Waals surface area contributed by atoms with Crippen LogP contribution in [0.3, 0.4) is 0 Å². The molecule has 0 radical (unpaired) electrons. The highest BCUT2D eigenvalue weighted by atomic mass is 16.7. The minimum absolute atomic E-state index is 0.128. The summed E-state index contributed by atoms with van der Waals surface area (Å²) in [5.74, 6) is -0.265. The zero-order chi connectivity index (χ0) is 17.0. The molecule has 0 saturated heterocycles. The average molecular weight is 312 g/mol. The summed E-state index contributed by atoms with van der Waals surface area (Å²) in [5, 5.41) is 0. The Morgan fingerprint density at radius 1 is 1.05 bits per heavy atom. The monoisotopic (exact) mass is 312 g/mol. The molecule has 22 heavy (non-hydrogen) atoms. The Balaban J connectivity index is 2.69. The maximum absolute atomic E-state index is 12.8. The van der Waals surface area contributed by atoms with Crippen molar-refractivity contribution < 1.29 is 14.3 Å². The second-order valence-electron chi connectivity index (χ2n) is 8.34. The van der Waals surface area contributed by atoms with Crippen LogP contribution >= 0.6 is 0 Å². The van der Waals surface area contributed by atoms with E-state index in [0.29, 0.717) is 5.92 Å². The summed E-state index contributed by atoms with van der Waals surface area (Å²) in [6.45, 7) is 14.3. The Bertz CT molecular complexity index is 354. The van der Waals surface area contributed by atoms with Crippen LogP contribution in [0.1, 0.15) is 87.0 Å². The van der Waals surface area contributed by atoms with Crippen molar-refractivity contribution in [3.8, 4) is 0 Å². The SMILES string of the molecule is CC(C)CC(C)(C(=O)OC(C)(C)OC1CCCCC1)C(C)C. The van der Waals surface area contributed by atoms with Gasteiger partial charge in [0.25, 0.3) is 0 Å². The largest absolute Gasteiger partial charge is 0.433 e. The van der Waals surface area contributed by atoms with Gasteiger partial charge in [0.2, 0.25) is 5.79 Å². The quantitative estimate of drug-likeness (QED) is 0.471. The number of esters is 1. The molecular formula is C19H36O3. The highest BCUT2D eigenvalue weighted by molar-refractivity contribution is 5.77. The third-order valence-corrected chi connectivity index (χ3v) is 4.91. The van der Waals surface area contributed by atoms with Crippen molar-refractivity contribution in [2.45, 2.75) is 98.9 Å². The number of ether oxygens (including phenoxy) is 2.